The fourth-order valence-electron chi connectivity index (χ4n) is 4.71. The highest BCUT2D eigenvalue weighted by atomic mass is 79.9. The highest BCUT2D eigenvalue weighted by Gasteiger charge is 2.42. The molecule has 8 heteroatoms. The zero-order valence-corrected chi connectivity index (χ0v) is 21.7. The highest BCUT2D eigenvalue weighted by molar-refractivity contribution is 9.10. The molecule has 1 saturated heterocycles. The maximum Gasteiger partial charge on any atom is 0.341 e. The number of benzene rings is 3. The lowest BCUT2D eigenvalue weighted by atomic mass is 9.74. The Morgan fingerprint density at radius 2 is 1.86 bits per heavy atom. The van der Waals surface area contributed by atoms with Crippen molar-refractivity contribution < 1.29 is 28.2 Å². The molecule has 0 radical (unpaired) electrons. The Balaban J connectivity index is 1.84. The number of aliphatic carboxylic acids is 1. The second-order valence-electron chi connectivity index (χ2n) is 8.87. The molecule has 1 fully saturated rings. The van der Waals surface area contributed by atoms with Crippen LogP contribution in [0.4, 0.5) is 8.78 Å². The molecule has 1 aliphatic heterocycles. The maximum atomic E-state index is 15.0. The van der Waals surface area contributed by atoms with Crippen molar-refractivity contribution in [1.29, 1.82) is 0 Å². The van der Waals surface area contributed by atoms with Gasteiger partial charge in [-0.3, -0.25) is 0 Å². The lowest BCUT2D eigenvalue weighted by Crippen LogP contribution is -2.32. The molecule has 0 amide bonds. The minimum atomic E-state index is -1.23. The molecular formula is C28H24BrClF2O4. The van der Waals surface area contributed by atoms with Gasteiger partial charge in [0.05, 0.1) is 12.2 Å². The molecule has 3 aromatic carbocycles. The molecule has 4 nitrogen and oxygen atoms in total. The molecule has 188 valence electrons. The summed E-state index contributed by atoms with van der Waals surface area (Å²) in [5.74, 6) is -2.91. The monoisotopic (exact) mass is 576 g/mol. The summed E-state index contributed by atoms with van der Waals surface area (Å²) in [5, 5.41) is 9.70. The van der Waals surface area contributed by atoms with E-state index in [2.05, 4.69) is 22.5 Å². The van der Waals surface area contributed by atoms with Crippen LogP contribution in [0.3, 0.4) is 0 Å². The Morgan fingerprint density at radius 3 is 2.50 bits per heavy atom. The number of hydrogen-bond acceptors (Lipinski definition) is 3. The summed E-state index contributed by atoms with van der Waals surface area (Å²) in [4.78, 5) is 11.2. The zero-order chi connectivity index (χ0) is 26.0. The van der Waals surface area contributed by atoms with Crippen molar-refractivity contribution in [3.8, 4) is 5.75 Å². The minimum Gasteiger partial charge on any atom is -0.479 e. The largest absolute Gasteiger partial charge is 0.479 e. The summed E-state index contributed by atoms with van der Waals surface area (Å²) in [6.07, 6.45) is -0.655. The first-order valence-corrected chi connectivity index (χ1v) is 12.5. The molecule has 36 heavy (non-hydrogen) atoms. The summed E-state index contributed by atoms with van der Waals surface area (Å²) in [6, 6.07) is 16.4. The third-order valence-electron chi connectivity index (χ3n) is 6.32. The molecule has 4 rings (SSSR count). The Hall–Kier alpha value is -2.74. The van der Waals surface area contributed by atoms with E-state index in [1.54, 1.807) is 24.3 Å². The summed E-state index contributed by atoms with van der Waals surface area (Å²) >= 11 is 9.63. The van der Waals surface area contributed by atoms with Gasteiger partial charge in [0.1, 0.15) is 5.82 Å². The number of carboxylic acids is 1. The van der Waals surface area contributed by atoms with Gasteiger partial charge in [0.15, 0.2) is 18.2 Å². The predicted molar refractivity (Wildman–Crippen MR) is 137 cm³/mol. The molecule has 1 heterocycles. The molecule has 1 N–H and O–H groups in total. The van der Waals surface area contributed by atoms with Crippen molar-refractivity contribution in [3.63, 3.8) is 0 Å². The Bertz CT molecular complexity index is 1280. The number of ether oxygens (including phenoxy) is 2. The van der Waals surface area contributed by atoms with Gasteiger partial charge in [0.2, 0.25) is 0 Å². The van der Waals surface area contributed by atoms with Crippen molar-refractivity contribution in [2.24, 2.45) is 5.92 Å². The van der Waals surface area contributed by atoms with E-state index in [0.29, 0.717) is 21.5 Å². The molecule has 0 bridgehead atoms. The van der Waals surface area contributed by atoms with Crippen molar-refractivity contribution in [2.45, 2.75) is 31.5 Å². The van der Waals surface area contributed by atoms with Gasteiger partial charge in [0.25, 0.3) is 0 Å². The van der Waals surface area contributed by atoms with E-state index in [9.17, 15) is 9.18 Å². The second kappa shape index (κ2) is 11.1. The fourth-order valence-corrected chi connectivity index (χ4v) is 5.35. The predicted octanol–water partition coefficient (Wildman–Crippen LogP) is 8.02. The molecular weight excluding hydrogens is 554 g/mol. The van der Waals surface area contributed by atoms with Crippen LogP contribution in [-0.2, 0) is 9.53 Å². The van der Waals surface area contributed by atoms with Crippen LogP contribution < -0.4 is 4.74 Å². The van der Waals surface area contributed by atoms with Crippen LogP contribution >= 0.6 is 27.5 Å². The van der Waals surface area contributed by atoms with Crippen molar-refractivity contribution in [1.82, 2.24) is 0 Å². The van der Waals surface area contributed by atoms with E-state index in [-0.39, 0.29) is 23.4 Å². The number of rotatable bonds is 7. The fraction of sp³-hybridized carbons (Fsp3) is 0.250. The van der Waals surface area contributed by atoms with Gasteiger partial charge < -0.3 is 14.6 Å². The van der Waals surface area contributed by atoms with Crippen LogP contribution in [0.15, 0.2) is 77.3 Å². The Kier molecular flexibility index (Phi) is 8.13. The molecule has 0 spiro atoms. The molecule has 0 unspecified atom stereocenters. The smallest absolute Gasteiger partial charge is 0.341 e. The van der Waals surface area contributed by atoms with E-state index in [1.807, 2.05) is 25.1 Å². The quantitative estimate of drug-likeness (QED) is 0.289. The number of carbonyl (C=O) groups is 1. The van der Waals surface area contributed by atoms with Gasteiger partial charge in [-0.15, -0.1) is 0 Å². The minimum absolute atomic E-state index is 0.160. The maximum absolute atomic E-state index is 15.0. The standard InChI is InChI=1S/C28H24BrClF2O4/c1-15(2)21-13-22(17-4-3-5-19(30)10-17)26(16-6-8-20(31)9-7-16)36-27(21)23-11-18(29)12-24(32)28(23)35-14-25(33)34/h3-12,21-22,26-27H,1,13-14H2,2H3,(H,33,34)/t21-,22-,26+,27+/m1/s1. The van der Waals surface area contributed by atoms with Gasteiger partial charge in [-0.1, -0.05) is 63.9 Å². The van der Waals surface area contributed by atoms with E-state index in [4.69, 9.17) is 26.2 Å². The lowest BCUT2D eigenvalue weighted by Gasteiger charge is -2.43. The van der Waals surface area contributed by atoms with Crippen molar-refractivity contribution in [3.05, 3.63) is 111 Å². The molecule has 0 aromatic heterocycles. The van der Waals surface area contributed by atoms with E-state index < -0.39 is 30.6 Å². The second-order valence-corrected chi connectivity index (χ2v) is 10.2. The summed E-state index contributed by atoms with van der Waals surface area (Å²) < 4.78 is 41.3. The van der Waals surface area contributed by atoms with Crippen LogP contribution in [0.5, 0.6) is 5.75 Å². The first kappa shape index (κ1) is 26.3. The van der Waals surface area contributed by atoms with E-state index >= 15 is 4.39 Å². The lowest BCUT2D eigenvalue weighted by molar-refractivity contribution is -0.139. The number of halogens is 4. The third kappa shape index (κ3) is 5.80. The molecule has 0 aliphatic carbocycles. The first-order valence-electron chi connectivity index (χ1n) is 11.3. The van der Waals surface area contributed by atoms with Crippen LogP contribution in [0.1, 0.15) is 48.2 Å². The Morgan fingerprint density at radius 1 is 1.14 bits per heavy atom. The topological polar surface area (TPSA) is 55.8 Å². The van der Waals surface area contributed by atoms with Crippen molar-refractivity contribution >= 4 is 33.5 Å². The Labute approximate surface area is 221 Å². The normalized spacial score (nSPS) is 21.7. The average Bonchev–Trinajstić information content (AvgIpc) is 2.82. The van der Waals surface area contributed by atoms with E-state index in [0.717, 1.165) is 16.7 Å². The summed E-state index contributed by atoms with van der Waals surface area (Å²) in [5.41, 5.74) is 2.88. The van der Waals surface area contributed by atoms with Crippen molar-refractivity contribution in [2.75, 3.05) is 6.61 Å². The average molecular weight is 578 g/mol. The summed E-state index contributed by atoms with van der Waals surface area (Å²) in [7, 11) is 0. The van der Waals surface area contributed by atoms with Gasteiger partial charge in [0, 0.05) is 26.9 Å². The summed E-state index contributed by atoms with van der Waals surface area (Å²) in [6.45, 7) is 5.33. The van der Waals surface area contributed by atoms with Crippen LogP contribution in [0.2, 0.25) is 5.02 Å². The van der Waals surface area contributed by atoms with E-state index in [1.165, 1.54) is 18.2 Å². The van der Waals surface area contributed by atoms with Gasteiger partial charge in [-0.25, -0.2) is 13.6 Å². The SMILES string of the molecule is C=C(C)[C@H]1C[C@H](c2cccc(Cl)c2)[C@H](c2ccc(F)cc2)O[C@@H]1c1cc(Br)cc(F)c1OCC(=O)O. The molecule has 0 saturated carbocycles. The third-order valence-corrected chi connectivity index (χ3v) is 7.02. The number of hydrogen-bond donors (Lipinski definition) is 1. The molecule has 1 aliphatic rings. The van der Waals surface area contributed by atoms with Crippen LogP contribution in [-0.4, -0.2) is 17.7 Å². The van der Waals surface area contributed by atoms with Gasteiger partial charge in [-0.05, 0) is 60.9 Å². The first-order chi connectivity index (χ1) is 17.1. The van der Waals surface area contributed by atoms with Crippen LogP contribution in [0.25, 0.3) is 0 Å². The van der Waals surface area contributed by atoms with Gasteiger partial charge >= 0.3 is 5.97 Å². The zero-order valence-electron chi connectivity index (χ0n) is 19.4. The highest BCUT2D eigenvalue weighted by Crippen LogP contribution is 2.53. The number of carboxylic acid groups (broad SMARTS) is 1. The molecule has 3 aromatic rings. The molecule has 4 atom stereocenters. The van der Waals surface area contributed by atoms with Crippen LogP contribution in [0, 0.1) is 17.6 Å². The van der Waals surface area contributed by atoms with Gasteiger partial charge in [-0.2, -0.15) is 0 Å².